The summed E-state index contributed by atoms with van der Waals surface area (Å²) in [6.07, 6.45) is 3.57. The molecule has 6 nitrogen and oxygen atoms in total. The summed E-state index contributed by atoms with van der Waals surface area (Å²) < 4.78 is 5.92. The van der Waals surface area contributed by atoms with E-state index in [2.05, 4.69) is 10.6 Å². The third-order valence-electron chi connectivity index (χ3n) is 4.95. The second kappa shape index (κ2) is 9.24. The molecule has 1 saturated heterocycles. The van der Waals surface area contributed by atoms with Crippen LogP contribution in [0.25, 0.3) is 0 Å². The first-order chi connectivity index (χ1) is 13.0. The van der Waals surface area contributed by atoms with Crippen LogP contribution in [0.15, 0.2) is 18.2 Å². The SMILES string of the molecule is O=C(NCC[C@H]1CC[C@H](NC(=O)C2CC2)[C@H](CO)O1)c1cc(Cl)cc(Cl)c1. The molecule has 27 heavy (non-hydrogen) atoms. The van der Waals surface area contributed by atoms with Gasteiger partial charge in [-0.2, -0.15) is 0 Å². The number of benzene rings is 1. The van der Waals surface area contributed by atoms with Crippen LogP contribution in [0, 0.1) is 5.92 Å². The fourth-order valence-corrected chi connectivity index (χ4v) is 3.82. The number of nitrogens with one attached hydrogen (secondary N) is 2. The zero-order valence-corrected chi connectivity index (χ0v) is 16.4. The fraction of sp³-hybridized carbons (Fsp3) is 0.579. The summed E-state index contributed by atoms with van der Waals surface area (Å²) in [6.45, 7) is 0.296. The van der Waals surface area contributed by atoms with E-state index in [0.29, 0.717) is 28.6 Å². The van der Waals surface area contributed by atoms with Crippen molar-refractivity contribution in [3.05, 3.63) is 33.8 Å². The molecule has 0 spiro atoms. The molecule has 3 rings (SSSR count). The molecule has 1 aliphatic carbocycles. The topological polar surface area (TPSA) is 87.7 Å². The van der Waals surface area contributed by atoms with E-state index in [4.69, 9.17) is 27.9 Å². The minimum atomic E-state index is -0.408. The Morgan fingerprint density at radius 1 is 1.11 bits per heavy atom. The van der Waals surface area contributed by atoms with Gasteiger partial charge in [-0.25, -0.2) is 0 Å². The zero-order chi connectivity index (χ0) is 19.4. The lowest BCUT2D eigenvalue weighted by atomic mass is 9.97. The van der Waals surface area contributed by atoms with E-state index in [1.165, 1.54) is 0 Å². The molecule has 3 atom stereocenters. The number of hydrogen-bond acceptors (Lipinski definition) is 4. The van der Waals surface area contributed by atoms with Crippen molar-refractivity contribution in [1.29, 1.82) is 0 Å². The van der Waals surface area contributed by atoms with E-state index in [0.717, 1.165) is 25.7 Å². The van der Waals surface area contributed by atoms with E-state index in [1.54, 1.807) is 18.2 Å². The van der Waals surface area contributed by atoms with Gasteiger partial charge >= 0.3 is 0 Å². The normalized spacial score (nSPS) is 25.1. The van der Waals surface area contributed by atoms with Crippen LogP contribution >= 0.6 is 23.2 Å². The highest BCUT2D eigenvalue weighted by Crippen LogP contribution is 2.30. The Balaban J connectivity index is 1.43. The van der Waals surface area contributed by atoms with Gasteiger partial charge in [0.25, 0.3) is 5.91 Å². The highest BCUT2D eigenvalue weighted by Gasteiger charge is 2.36. The second-order valence-electron chi connectivity index (χ2n) is 7.15. The largest absolute Gasteiger partial charge is 0.394 e. The molecule has 3 N–H and O–H groups in total. The second-order valence-corrected chi connectivity index (χ2v) is 8.02. The Morgan fingerprint density at radius 3 is 2.44 bits per heavy atom. The standard InChI is InChI=1S/C19H24Cl2N2O4/c20-13-7-12(8-14(21)9-13)18(25)22-6-5-15-3-4-16(17(10-24)27-15)23-19(26)11-1-2-11/h7-9,11,15-17,24H,1-6,10H2,(H,22,25)(H,23,26)/t15-,16+,17+/m1/s1. The number of aliphatic hydroxyl groups is 1. The van der Waals surface area contributed by atoms with Crippen molar-refractivity contribution in [3.8, 4) is 0 Å². The van der Waals surface area contributed by atoms with Crippen LogP contribution in [-0.2, 0) is 9.53 Å². The number of aliphatic hydroxyl groups excluding tert-OH is 1. The lowest BCUT2D eigenvalue weighted by molar-refractivity contribution is -0.129. The minimum Gasteiger partial charge on any atom is -0.394 e. The average Bonchev–Trinajstić information content (AvgIpc) is 3.47. The van der Waals surface area contributed by atoms with Gasteiger partial charge in [-0.1, -0.05) is 23.2 Å². The molecule has 1 heterocycles. The number of carbonyl (C=O) groups excluding carboxylic acids is 2. The summed E-state index contributed by atoms with van der Waals surface area (Å²) in [5, 5.41) is 16.2. The van der Waals surface area contributed by atoms with Gasteiger partial charge in [0.1, 0.15) is 6.10 Å². The van der Waals surface area contributed by atoms with Crippen molar-refractivity contribution < 1.29 is 19.4 Å². The maximum atomic E-state index is 12.2. The Labute approximate surface area is 168 Å². The fourth-order valence-electron chi connectivity index (χ4n) is 3.29. The number of amides is 2. The van der Waals surface area contributed by atoms with Gasteiger partial charge in [0, 0.05) is 28.1 Å². The van der Waals surface area contributed by atoms with Crippen LogP contribution in [0.5, 0.6) is 0 Å². The van der Waals surface area contributed by atoms with Crippen LogP contribution in [-0.4, -0.2) is 48.3 Å². The van der Waals surface area contributed by atoms with Crippen LogP contribution < -0.4 is 10.6 Å². The van der Waals surface area contributed by atoms with Gasteiger partial charge in [-0.05, 0) is 50.3 Å². The van der Waals surface area contributed by atoms with Crippen LogP contribution in [0.3, 0.4) is 0 Å². The van der Waals surface area contributed by atoms with Gasteiger partial charge in [-0.3, -0.25) is 9.59 Å². The number of rotatable bonds is 7. The third-order valence-corrected chi connectivity index (χ3v) is 5.38. The highest BCUT2D eigenvalue weighted by atomic mass is 35.5. The molecule has 1 saturated carbocycles. The zero-order valence-electron chi connectivity index (χ0n) is 14.9. The first-order valence-electron chi connectivity index (χ1n) is 9.27. The number of ether oxygens (including phenoxy) is 1. The van der Waals surface area contributed by atoms with Crippen LogP contribution in [0.4, 0.5) is 0 Å². The van der Waals surface area contributed by atoms with E-state index in [1.807, 2.05) is 0 Å². The quantitative estimate of drug-likeness (QED) is 0.639. The van der Waals surface area contributed by atoms with E-state index in [9.17, 15) is 14.7 Å². The van der Waals surface area contributed by atoms with Crippen molar-refractivity contribution in [2.75, 3.05) is 13.2 Å². The van der Waals surface area contributed by atoms with Crippen LogP contribution in [0.2, 0.25) is 10.0 Å². The summed E-state index contributed by atoms with van der Waals surface area (Å²) in [7, 11) is 0. The average molecular weight is 415 g/mol. The third kappa shape index (κ3) is 5.82. The molecule has 0 aromatic heterocycles. The summed E-state index contributed by atoms with van der Waals surface area (Å²) in [4.78, 5) is 24.1. The predicted molar refractivity (Wildman–Crippen MR) is 103 cm³/mol. The Bertz CT molecular complexity index is 676. The van der Waals surface area contributed by atoms with Gasteiger partial charge in [0.15, 0.2) is 0 Å². The summed E-state index contributed by atoms with van der Waals surface area (Å²) in [5.74, 6) is -0.0475. The van der Waals surface area contributed by atoms with E-state index >= 15 is 0 Å². The van der Waals surface area contributed by atoms with Gasteiger partial charge in [0.2, 0.25) is 5.91 Å². The lowest BCUT2D eigenvalue weighted by Crippen LogP contribution is -2.51. The van der Waals surface area contributed by atoms with Crippen molar-refractivity contribution in [2.45, 2.75) is 50.4 Å². The van der Waals surface area contributed by atoms with Crippen molar-refractivity contribution in [2.24, 2.45) is 5.92 Å². The molecule has 148 valence electrons. The van der Waals surface area contributed by atoms with Gasteiger partial charge < -0.3 is 20.5 Å². The van der Waals surface area contributed by atoms with E-state index in [-0.39, 0.29) is 36.5 Å². The number of carbonyl (C=O) groups is 2. The number of halogens is 2. The molecule has 1 aromatic rings. The summed E-state index contributed by atoms with van der Waals surface area (Å²) in [5.41, 5.74) is 0.410. The molecule has 1 aliphatic heterocycles. The molecule has 0 unspecified atom stereocenters. The first kappa shape index (κ1) is 20.4. The molecule has 2 aliphatic rings. The first-order valence-corrected chi connectivity index (χ1v) is 10.0. The van der Waals surface area contributed by atoms with Crippen molar-refractivity contribution in [1.82, 2.24) is 10.6 Å². The van der Waals surface area contributed by atoms with E-state index < -0.39 is 6.10 Å². The molecule has 0 bridgehead atoms. The Morgan fingerprint density at radius 2 is 1.81 bits per heavy atom. The maximum Gasteiger partial charge on any atom is 0.251 e. The predicted octanol–water partition coefficient (Wildman–Crippen LogP) is 2.55. The van der Waals surface area contributed by atoms with Crippen molar-refractivity contribution in [3.63, 3.8) is 0 Å². The van der Waals surface area contributed by atoms with Crippen LogP contribution in [0.1, 0.15) is 42.5 Å². The molecule has 8 heteroatoms. The minimum absolute atomic E-state index is 0.0629. The van der Waals surface area contributed by atoms with Gasteiger partial charge in [0.05, 0.1) is 18.8 Å². The molecule has 0 radical (unpaired) electrons. The molecule has 2 fully saturated rings. The smallest absolute Gasteiger partial charge is 0.251 e. The molecule has 2 amide bonds. The highest BCUT2D eigenvalue weighted by molar-refractivity contribution is 6.35. The summed E-state index contributed by atoms with van der Waals surface area (Å²) >= 11 is 11.8. The molecular formula is C19H24Cl2N2O4. The Kier molecular flexibility index (Phi) is 6.98. The molecule has 1 aromatic carbocycles. The summed E-state index contributed by atoms with van der Waals surface area (Å²) in [6, 6.07) is 4.55. The van der Waals surface area contributed by atoms with Gasteiger partial charge in [-0.15, -0.1) is 0 Å². The van der Waals surface area contributed by atoms with Crippen molar-refractivity contribution >= 4 is 35.0 Å². The Hall–Kier alpha value is -1.34. The lowest BCUT2D eigenvalue weighted by Gasteiger charge is -2.36. The maximum absolute atomic E-state index is 12.2. The monoisotopic (exact) mass is 414 g/mol. The number of hydrogen-bond donors (Lipinski definition) is 3. The molecular weight excluding hydrogens is 391 g/mol.